The van der Waals surface area contributed by atoms with Crippen molar-refractivity contribution in [2.75, 3.05) is 0 Å². The minimum absolute atomic E-state index is 0.344. The van der Waals surface area contributed by atoms with Crippen LogP contribution in [0.5, 0.6) is 0 Å². The highest BCUT2D eigenvalue weighted by Gasteiger charge is 2.10. The zero-order valence-electron chi connectivity index (χ0n) is 15.9. The standard InChI is InChI=1S/C20H10N8O4/c21-9-15-17(29)23-19(31)27(25-15)13-5-1-11(2-6-13)12-3-7-14(8-4-12)28-20(32)24-18(30)16(10-22)26-28/h1-8H,(H,23,29,31)(H,24,30,32). The van der Waals surface area contributed by atoms with Crippen LogP contribution >= 0.6 is 0 Å². The van der Waals surface area contributed by atoms with E-state index in [0.29, 0.717) is 11.4 Å². The second kappa shape index (κ2) is 7.81. The van der Waals surface area contributed by atoms with Gasteiger partial charge in [-0.1, -0.05) is 24.3 Å². The van der Waals surface area contributed by atoms with Crippen molar-refractivity contribution in [2.24, 2.45) is 0 Å². The summed E-state index contributed by atoms with van der Waals surface area (Å²) >= 11 is 0. The Morgan fingerprint density at radius 1 is 0.625 bits per heavy atom. The normalized spacial score (nSPS) is 10.3. The summed E-state index contributed by atoms with van der Waals surface area (Å²) < 4.78 is 1.82. The van der Waals surface area contributed by atoms with Crippen molar-refractivity contribution in [2.45, 2.75) is 0 Å². The summed E-state index contributed by atoms with van der Waals surface area (Å²) in [6, 6.07) is 16.4. The minimum Gasteiger partial charge on any atom is -0.270 e. The number of aromatic nitrogens is 6. The fraction of sp³-hybridized carbons (Fsp3) is 0. The molecule has 0 aliphatic rings. The predicted octanol–water partition coefficient (Wildman–Crippen LogP) is -0.435. The monoisotopic (exact) mass is 426 g/mol. The summed E-state index contributed by atoms with van der Waals surface area (Å²) in [4.78, 5) is 51.0. The quantitative estimate of drug-likeness (QED) is 0.442. The van der Waals surface area contributed by atoms with Crippen LogP contribution in [0.25, 0.3) is 22.5 Å². The molecule has 0 bridgehead atoms. The molecule has 12 nitrogen and oxygen atoms in total. The van der Waals surface area contributed by atoms with E-state index >= 15 is 0 Å². The van der Waals surface area contributed by atoms with E-state index in [1.54, 1.807) is 60.7 Å². The highest BCUT2D eigenvalue weighted by molar-refractivity contribution is 5.65. The number of nitriles is 2. The molecule has 0 aliphatic heterocycles. The molecule has 2 heterocycles. The van der Waals surface area contributed by atoms with Crippen LogP contribution in [0.3, 0.4) is 0 Å². The molecule has 0 amide bonds. The molecular formula is C20H10N8O4. The maximum Gasteiger partial charge on any atom is 0.349 e. The number of H-pyrrole nitrogens is 2. The minimum atomic E-state index is -0.858. The van der Waals surface area contributed by atoms with Crippen LogP contribution in [0, 0.1) is 22.7 Å². The average molecular weight is 426 g/mol. The Morgan fingerprint density at radius 2 is 0.969 bits per heavy atom. The molecule has 0 spiro atoms. The van der Waals surface area contributed by atoms with Gasteiger partial charge in [0.15, 0.2) is 0 Å². The molecule has 2 aromatic heterocycles. The van der Waals surface area contributed by atoms with Gasteiger partial charge in [-0.25, -0.2) is 9.59 Å². The second-order valence-electron chi connectivity index (χ2n) is 6.36. The Morgan fingerprint density at radius 3 is 1.28 bits per heavy atom. The first-order valence-corrected chi connectivity index (χ1v) is 8.90. The molecule has 0 radical (unpaired) electrons. The highest BCUT2D eigenvalue weighted by atomic mass is 16.2. The molecule has 0 unspecified atom stereocenters. The van der Waals surface area contributed by atoms with Crippen LogP contribution in [0.1, 0.15) is 11.4 Å². The van der Waals surface area contributed by atoms with Crippen molar-refractivity contribution < 1.29 is 0 Å². The van der Waals surface area contributed by atoms with E-state index in [1.165, 1.54) is 0 Å². The molecule has 4 rings (SSSR count). The Bertz CT molecular complexity index is 1530. The number of hydrogen-bond donors (Lipinski definition) is 2. The molecule has 0 fully saturated rings. The lowest BCUT2D eigenvalue weighted by molar-refractivity contribution is 0.740. The molecule has 12 heteroatoms. The van der Waals surface area contributed by atoms with Crippen LogP contribution in [-0.4, -0.2) is 29.5 Å². The lowest BCUT2D eigenvalue weighted by atomic mass is 10.1. The summed E-state index contributed by atoms with van der Waals surface area (Å²) in [6.07, 6.45) is 0. The molecular weight excluding hydrogens is 416 g/mol. The van der Waals surface area contributed by atoms with Crippen molar-refractivity contribution in [3.05, 3.63) is 102 Å². The lowest BCUT2D eigenvalue weighted by Crippen LogP contribution is -2.33. The predicted molar refractivity (Wildman–Crippen MR) is 109 cm³/mol. The van der Waals surface area contributed by atoms with E-state index in [4.69, 9.17) is 10.5 Å². The number of hydrogen-bond acceptors (Lipinski definition) is 8. The zero-order chi connectivity index (χ0) is 22.8. The number of rotatable bonds is 3. The van der Waals surface area contributed by atoms with E-state index in [1.807, 2.05) is 9.97 Å². The molecule has 0 atom stereocenters. The molecule has 32 heavy (non-hydrogen) atoms. The van der Waals surface area contributed by atoms with Crippen molar-refractivity contribution in [3.8, 4) is 34.6 Å². The van der Waals surface area contributed by atoms with Gasteiger partial charge in [0.05, 0.1) is 11.4 Å². The van der Waals surface area contributed by atoms with Crippen molar-refractivity contribution in [3.63, 3.8) is 0 Å². The van der Waals surface area contributed by atoms with Gasteiger partial charge in [-0.2, -0.15) is 19.9 Å². The molecule has 2 aromatic carbocycles. The van der Waals surface area contributed by atoms with Gasteiger partial charge in [0.2, 0.25) is 11.4 Å². The first kappa shape index (κ1) is 19.9. The van der Waals surface area contributed by atoms with Gasteiger partial charge in [-0.15, -0.1) is 10.2 Å². The summed E-state index contributed by atoms with van der Waals surface area (Å²) in [5.41, 5.74) is -1.93. The first-order valence-electron chi connectivity index (χ1n) is 8.90. The largest absolute Gasteiger partial charge is 0.349 e. The SMILES string of the molecule is N#Cc1nn(-c2ccc(-c3ccc(-n4nc(C#N)c(=O)[nH]c4=O)cc3)cc2)c(=O)[nH]c1=O. The van der Waals surface area contributed by atoms with E-state index in [0.717, 1.165) is 20.5 Å². The highest BCUT2D eigenvalue weighted by Crippen LogP contribution is 2.21. The maximum absolute atomic E-state index is 12.0. The van der Waals surface area contributed by atoms with Gasteiger partial charge >= 0.3 is 11.4 Å². The third-order valence-corrected chi connectivity index (χ3v) is 4.42. The average Bonchev–Trinajstić information content (AvgIpc) is 2.80. The summed E-state index contributed by atoms with van der Waals surface area (Å²) in [7, 11) is 0. The Balaban J connectivity index is 1.67. The van der Waals surface area contributed by atoms with Crippen LogP contribution in [0.2, 0.25) is 0 Å². The molecule has 2 N–H and O–H groups in total. The lowest BCUT2D eigenvalue weighted by Gasteiger charge is -2.08. The Labute approximate surface area is 176 Å². The molecule has 0 saturated heterocycles. The summed E-state index contributed by atoms with van der Waals surface area (Å²) in [5.74, 6) is 0. The van der Waals surface area contributed by atoms with Crippen molar-refractivity contribution in [1.29, 1.82) is 10.5 Å². The topological polar surface area (TPSA) is 183 Å². The van der Waals surface area contributed by atoms with Gasteiger partial charge in [0.1, 0.15) is 12.1 Å². The van der Waals surface area contributed by atoms with Gasteiger partial charge < -0.3 is 0 Å². The molecule has 0 aliphatic carbocycles. The first-order chi connectivity index (χ1) is 15.4. The second-order valence-corrected chi connectivity index (χ2v) is 6.36. The van der Waals surface area contributed by atoms with Gasteiger partial charge in [-0.05, 0) is 35.4 Å². The maximum atomic E-state index is 12.0. The summed E-state index contributed by atoms with van der Waals surface area (Å²) in [6.45, 7) is 0. The van der Waals surface area contributed by atoms with E-state index in [2.05, 4.69) is 10.2 Å². The Kier molecular flexibility index (Phi) is 4.87. The van der Waals surface area contributed by atoms with Crippen molar-refractivity contribution >= 4 is 0 Å². The number of nitrogens with zero attached hydrogens (tertiary/aromatic N) is 6. The van der Waals surface area contributed by atoms with E-state index in [9.17, 15) is 19.2 Å². The molecule has 0 saturated carbocycles. The van der Waals surface area contributed by atoms with Gasteiger partial charge in [0, 0.05) is 0 Å². The molecule has 4 aromatic rings. The smallest absolute Gasteiger partial charge is 0.270 e. The number of nitrogens with one attached hydrogen (secondary N) is 2. The van der Waals surface area contributed by atoms with Crippen LogP contribution in [0.4, 0.5) is 0 Å². The zero-order valence-corrected chi connectivity index (χ0v) is 15.9. The number of benzene rings is 2. The summed E-state index contributed by atoms with van der Waals surface area (Å²) in [5, 5.41) is 25.4. The number of aromatic amines is 2. The van der Waals surface area contributed by atoms with Crippen LogP contribution < -0.4 is 22.5 Å². The molecule has 154 valence electrons. The van der Waals surface area contributed by atoms with Gasteiger partial charge in [-0.3, -0.25) is 19.6 Å². The van der Waals surface area contributed by atoms with E-state index < -0.39 is 33.9 Å². The van der Waals surface area contributed by atoms with Gasteiger partial charge in [0.25, 0.3) is 11.1 Å². The third-order valence-electron chi connectivity index (χ3n) is 4.42. The fourth-order valence-corrected chi connectivity index (χ4v) is 2.89. The van der Waals surface area contributed by atoms with E-state index in [-0.39, 0.29) is 0 Å². The Hall–Kier alpha value is -5.36. The third kappa shape index (κ3) is 3.51. The fourth-order valence-electron chi connectivity index (χ4n) is 2.89. The van der Waals surface area contributed by atoms with Crippen LogP contribution in [0.15, 0.2) is 67.7 Å². The van der Waals surface area contributed by atoms with Crippen molar-refractivity contribution in [1.82, 2.24) is 29.5 Å². The van der Waals surface area contributed by atoms with Crippen LogP contribution in [-0.2, 0) is 0 Å².